The van der Waals surface area contributed by atoms with Crippen LogP contribution in [0.5, 0.6) is 0 Å². The number of hydrogen-bond donors (Lipinski definition) is 1. The Balaban J connectivity index is 2.22. The highest BCUT2D eigenvalue weighted by Gasteiger charge is 2.16. The second-order valence-electron chi connectivity index (χ2n) is 4.76. The van der Waals surface area contributed by atoms with Crippen molar-refractivity contribution in [3.63, 3.8) is 0 Å². The van der Waals surface area contributed by atoms with Crippen LogP contribution in [0.2, 0.25) is 10.0 Å². The van der Waals surface area contributed by atoms with Crippen LogP contribution in [0, 0.1) is 0 Å². The highest BCUT2D eigenvalue weighted by atomic mass is 35.5. The Hall–Kier alpha value is -1.10. The lowest BCUT2D eigenvalue weighted by molar-refractivity contribution is 0.524. The van der Waals surface area contributed by atoms with Crippen molar-refractivity contribution in [1.29, 1.82) is 0 Å². The molecule has 0 aliphatic heterocycles. The highest BCUT2D eigenvalue weighted by Crippen LogP contribution is 2.28. The summed E-state index contributed by atoms with van der Waals surface area (Å²) in [5.41, 5.74) is 1.97. The average Bonchev–Trinajstić information content (AvgIpc) is 2.80. The van der Waals surface area contributed by atoms with E-state index in [1.807, 2.05) is 25.4 Å². The van der Waals surface area contributed by atoms with Gasteiger partial charge in [0.05, 0.1) is 5.69 Å². The third-order valence-corrected chi connectivity index (χ3v) is 3.60. The van der Waals surface area contributed by atoms with E-state index in [1.165, 1.54) is 0 Å². The summed E-state index contributed by atoms with van der Waals surface area (Å²) in [5.74, 6) is 0. The Bertz CT molecular complexity index is 568. The largest absolute Gasteiger partial charge is 0.310 e. The first kappa shape index (κ1) is 15.3. The van der Waals surface area contributed by atoms with Gasteiger partial charge in [0.2, 0.25) is 0 Å². The van der Waals surface area contributed by atoms with Gasteiger partial charge in [0.15, 0.2) is 0 Å². The van der Waals surface area contributed by atoms with Crippen LogP contribution in [0.4, 0.5) is 0 Å². The molecular formula is C14H18Cl2N4. The van der Waals surface area contributed by atoms with Crippen molar-refractivity contribution in [2.24, 2.45) is 7.05 Å². The van der Waals surface area contributed by atoms with Crippen LogP contribution in [0.3, 0.4) is 0 Å². The summed E-state index contributed by atoms with van der Waals surface area (Å²) in [4.78, 5) is 0. The van der Waals surface area contributed by atoms with Crippen LogP contribution in [-0.4, -0.2) is 21.5 Å². The predicted molar refractivity (Wildman–Crippen MR) is 82.2 cm³/mol. The molecule has 1 unspecified atom stereocenters. The molecule has 0 fully saturated rings. The van der Waals surface area contributed by atoms with E-state index in [0.717, 1.165) is 30.6 Å². The summed E-state index contributed by atoms with van der Waals surface area (Å²) >= 11 is 12.3. The SMILES string of the molecule is CCCNC(Cc1cn(C)nn1)c1ccc(Cl)cc1Cl. The number of hydrogen-bond acceptors (Lipinski definition) is 3. The van der Waals surface area contributed by atoms with Gasteiger partial charge in [-0.15, -0.1) is 5.10 Å². The fourth-order valence-electron chi connectivity index (χ4n) is 2.09. The van der Waals surface area contributed by atoms with Crippen LogP contribution in [-0.2, 0) is 13.5 Å². The second kappa shape index (κ2) is 7.07. The molecule has 4 nitrogen and oxygen atoms in total. The van der Waals surface area contributed by atoms with Crippen molar-refractivity contribution in [3.05, 3.63) is 45.7 Å². The zero-order valence-corrected chi connectivity index (χ0v) is 13.1. The molecule has 0 saturated carbocycles. The molecule has 2 aromatic rings. The third-order valence-electron chi connectivity index (χ3n) is 3.04. The van der Waals surface area contributed by atoms with E-state index in [-0.39, 0.29) is 6.04 Å². The van der Waals surface area contributed by atoms with Gasteiger partial charge in [-0.2, -0.15) is 0 Å². The molecule has 0 amide bonds. The summed E-state index contributed by atoms with van der Waals surface area (Å²) in [6, 6.07) is 5.71. The van der Waals surface area contributed by atoms with Gasteiger partial charge in [0.1, 0.15) is 0 Å². The fraction of sp³-hybridized carbons (Fsp3) is 0.429. The molecule has 0 spiro atoms. The van der Waals surface area contributed by atoms with Gasteiger partial charge in [-0.1, -0.05) is 41.4 Å². The van der Waals surface area contributed by atoms with E-state index < -0.39 is 0 Å². The second-order valence-corrected chi connectivity index (χ2v) is 5.60. The van der Waals surface area contributed by atoms with Crippen LogP contribution in [0.15, 0.2) is 24.4 Å². The number of benzene rings is 1. The zero-order chi connectivity index (χ0) is 14.5. The smallest absolute Gasteiger partial charge is 0.0845 e. The molecule has 0 bridgehead atoms. The molecule has 0 aliphatic rings. The van der Waals surface area contributed by atoms with Crippen molar-refractivity contribution < 1.29 is 0 Å². The molecule has 0 radical (unpaired) electrons. The molecule has 1 heterocycles. The van der Waals surface area contributed by atoms with E-state index in [1.54, 1.807) is 10.7 Å². The number of rotatable bonds is 6. The molecule has 2 rings (SSSR count). The van der Waals surface area contributed by atoms with Crippen LogP contribution in [0.1, 0.15) is 30.6 Å². The Morgan fingerprint density at radius 2 is 2.15 bits per heavy atom. The van der Waals surface area contributed by atoms with Gasteiger partial charge in [-0.25, -0.2) is 0 Å². The van der Waals surface area contributed by atoms with Crippen molar-refractivity contribution >= 4 is 23.2 Å². The summed E-state index contributed by atoms with van der Waals surface area (Å²) < 4.78 is 1.70. The Labute approximate surface area is 129 Å². The van der Waals surface area contributed by atoms with Gasteiger partial charge in [-0.05, 0) is 30.7 Å². The number of nitrogens with zero attached hydrogens (tertiary/aromatic N) is 3. The standard InChI is InChI=1S/C14H18Cl2N4/c1-3-6-17-14(8-11-9-20(2)19-18-11)12-5-4-10(15)7-13(12)16/h4-5,7,9,14,17H,3,6,8H2,1-2H3. The van der Waals surface area contributed by atoms with Crippen molar-refractivity contribution in [3.8, 4) is 0 Å². The Morgan fingerprint density at radius 1 is 1.35 bits per heavy atom. The number of halogens is 2. The minimum Gasteiger partial charge on any atom is -0.310 e. The summed E-state index contributed by atoms with van der Waals surface area (Å²) in [7, 11) is 1.86. The minimum absolute atomic E-state index is 0.108. The molecule has 6 heteroatoms. The molecule has 1 aromatic carbocycles. The predicted octanol–water partition coefficient (Wildman–Crippen LogP) is 3.41. The van der Waals surface area contributed by atoms with E-state index in [9.17, 15) is 0 Å². The van der Waals surface area contributed by atoms with Crippen LogP contribution in [0.25, 0.3) is 0 Å². The molecule has 20 heavy (non-hydrogen) atoms. The van der Waals surface area contributed by atoms with E-state index in [4.69, 9.17) is 23.2 Å². The quantitative estimate of drug-likeness (QED) is 0.889. The molecule has 0 saturated heterocycles. The van der Waals surface area contributed by atoms with Gasteiger partial charge < -0.3 is 5.32 Å². The Morgan fingerprint density at radius 3 is 2.75 bits per heavy atom. The lowest BCUT2D eigenvalue weighted by atomic mass is 10.0. The van der Waals surface area contributed by atoms with Crippen molar-refractivity contribution in [1.82, 2.24) is 20.3 Å². The highest BCUT2D eigenvalue weighted by molar-refractivity contribution is 6.35. The van der Waals surface area contributed by atoms with Crippen LogP contribution < -0.4 is 5.32 Å². The number of nitrogens with one attached hydrogen (secondary N) is 1. The summed E-state index contributed by atoms with van der Waals surface area (Å²) in [6.45, 7) is 3.06. The van der Waals surface area contributed by atoms with E-state index in [0.29, 0.717) is 10.0 Å². The average molecular weight is 313 g/mol. The minimum atomic E-state index is 0.108. The molecule has 108 valence electrons. The fourth-order valence-corrected chi connectivity index (χ4v) is 2.63. The first-order chi connectivity index (χ1) is 9.60. The van der Waals surface area contributed by atoms with E-state index in [2.05, 4.69) is 22.6 Å². The molecule has 1 atom stereocenters. The van der Waals surface area contributed by atoms with Crippen LogP contribution >= 0.6 is 23.2 Å². The molecular weight excluding hydrogens is 295 g/mol. The first-order valence-electron chi connectivity index (χ1n) is 6.63. The first-order valence-corrected chi connectivity index (χ1v) is 7.39. The third kappa shape index (κ3) is 3.95. The van der Waals surface area contributed by atoms with Crippen molar-refractivity contribution in [2.75, 3.05) is 6.54 Å². The van der Waals surface area contributed by atoms with Gasteiger partial charge >= 0.3 is 0 Å². The maximum absolute atomic E-state index is 6.31. The van der Waals surface area contributed by atoms with Crippen molar-refractivity contribution in [2.45, 2.75) is 25.8 Å². The Kier molecular flexibility index (Phi) is 5.40. The zero-order valence-electron chi connectivity index (χ0n) is 11.6. The monoisotopic (exact) mass is 312 g/mol. The topological polar surface area (TPSA) is 42.7 Å². The summed E-state index contributed by atoms with van der Waals surface area (Å²) in [5, 5.41) is 12.9. The number of aryl methyl sites for hydroxylation is 1. The number of aromatic nitrogens is 3. The van der Waals surface area contributed by atoms with Gasteiger partial charge in [0.25, 0.3) is 0 Å². The lowest BCUT2D eigenvalue weighted by Gasteiger charge is -2.19. The maximum Gasteiger partial charge on any atom is 0.0845 e. The van der Waals surface area contributed by atoms with E-state index >= 15 is 0 Å². The van der Waals surface area contributed by atoms with Gasteiger partial charge in [-0.3, -0.25) is 4.68 Å². The molecule has 1 N–H and O–H groups in total. The lowest BCUT2D eigenvalue weighted by Crippen LogP contribution is -2.24. The maximum atomic E-state index is 6.31. The van der Waals surface area contributed by atoms with Gasteiger partial charge in [0, 0.05) is 35.8 Å². The molecule has 0 aliphatic carbocycles. The molecule has 1 aromatic heterocycles. The normalized spacial score (nSPS) is 12.6. The summed E-state index contributed by atoms with van der Waals surface area (Å²) in [6.07, 6.45) is 3.72.